The molecule has 1 aromatic heterocycles. The summed E-state index contributed by atoms with van der Waals surface area (Å²) in [5.74, 6) is -0.334. The molecule has 0 aliphatic carbocycles. The zero-order valence-corrected chi connectivity index (χ0v) is 11.8. The van der Waals surface area contributed by atoms with Crippen molar-refractivity contribution in [1.29, 1.82) is 0 Å². The normalized spacial score (nSPS) is 22.2. The molecule has 3 rings (SSSR count). The van der Waals surface area contributed by atoms with E-state index in [2.05, 4.69) is 20.4 Å². The van der Waals surface area contributed by atoms with Crippen LogP contribution < -0.4 is 4.90 Å². The number of benzene rings is 1. The van der Waals surface area contributed by atoms with E-state index in [-0.39, 0.29) is 12.0 Å². The highest BCUT2D eigenvalue weighted by atomic mass is 16.4. The first kappa shape index (κ1) is 13.5. The molecule has 7 heteroatoms. The van der Waals surface area contributed by atoms with E-state index < -0.39 is 5.97 Å². The predicted octanol–water partition coefficient (Wildman–Crippen LogP) is 1.35. The topological polar surface area (TPSA) is 84.1 Å². The van der Waals surface area contributed by atoms with Crippen molar-refractivity contribution in [2.24, 2.45) is 5.92 Å². The molecule has 21 heavy (non-hydrogen) atoms. The summed E-state index contributed by atoms with van der Waals surface area (Å²) in [6.07, 6.45) is 1.22. The van der Waals surface area contributed by atoms with Crippen LogP contribution in [0.25, 0.3) is 5.69 Å². The van der Waals surface area contributed by atoms with E-state index in [4.69, 9.17) is 5.11 Å². The molecule has 2 unspecified atom stereocenters. The summed E-state index contributed by atoms with van der Waals surface area (Å²) in [5.41, 5.74) is 0.894. The van der Waals surface area contributed by atoms with Crippen LogP contribution in [0.2, 0.25) is 0 Å². The second-order valence-corrected chi connectivity index (χ2v) is 5.33. The Morgan fingerprint density at radius 2 is 2.10 bits per heavy atom. The third kappa shape index (κ3) is 2.58. The first-order valence-corrected chi connectivity index (χ1v) is 7.00. The van der Waals surface area contributed by atoms with Crippen LogP contribution in [0.15, 0.2) is 30.3 Å². The van der Waals surface area contributed by atoms with Gasteiger partial charge in [-0.25, -0.2) is 0 Å². The smallest absolute Gasteiger partial charge is 0.306 e. The second kappa shape index (κ2) is 5.51. The summed E-state index contributed by atoms with van der Waals surface area (Å²) in [4.78, 5) is 13.2. The average Bonchev–Trinajstić information content (AvgIpc) is 2.97. The molecular weight excluding hydrogens is 270 g/mol. The quantitative estimate of drug-likeness (QED) is 0.917. The summed E-state index contributed by atoms with van der Waals surface area (Å²) >= 11 is 0. The summed E-state index contributed by atoms with van der Waals surface area (Å²) in [6, 6.07) is 9.77. The van der Waals surface area contributed by atoms with Crippen molar-refractivity contribution in [1.82, 2.24) is 20.2 Å². The number of rotatable bonds is 3. The Labute approximate surface area is 122 Å². The lowest BCUT2D eigenvalue weighted by Crippen LogP contribution is -2.44. The van der Waals surface area contributed by atoms with E-state index in [0.717, 1.165) is 5.69 Å². The van der Waals surface area contributed by atoms with Gasteiger partial charge in [0.25, 0.3) is 5.95 Å². The number of anilines is 1. The summed E-state index contributed by atoms with van der Waals surface area (Å²) < 4.78 is 1.69. The zero-order valence-electron chi connectivity index (χ0n) is 11.8. The van der Waals surface area contributed by atoms with Crippen LogP contribution in [-0.4, -0.2) is 43.9 Å². The second-order valence-electron chi connectivity index (χ2n) is 5.33. The number of aliphatic carboxylic acids is 1. The minimum absolute atomic E-state index is 0.0910. The van der Waals surface area contributed by atoms with Gasteiger partial charge in [-0.3, -0.25) is 4.79 Å². The van der Waals surface area contributed by atoms with Gasteiger partial charge in [-0.15, -0.1) is 0 Å². The summed E-state index contributed by atoms with van der Waals surface area (Å²) in [5, 5.41) is 21.1. The van der Waals surface area contributed by atoms with Crippen LogP contribution in [0, 0.1) is 5.92 Å². The number of piperidine rings is 1. The van der Waals surface area contributed by atoms with E-state index in [1.807, 2.05) is 37.3 Å². The van der Waals surface area contributed by atoms with Crippen LogP contribution in [0.1, 0.15) is 19.8 Å². The number of carboxylic acids is 1. The number of nitrogens with zero attached hydrogens (tertiary/aromatic N) is 5. The largest absolute Gasteiger partial charge is 0.481 e. The highest BCUT2D eigenvalue weighted by Gasteiger charge is 2.32. The molecule has 2 aromatic rings. The molecule has 2 atom stereocenters. The van der Waals surface area contributed by atoms with Gasteiger partial charge < -0.3 is 10.0 Å². The van der Waals surface area contributed by atoms with Gasteiger partial charge in [-0.05, 0) is 42.3 Å². The molecule has 0 bridgehead atoms. The average molecular weight is 287 g/mol. The van der Waals surface area contributed by atoms with Gasteiger partial charge in [0.05, 0.1) is 11.6 Å². The fourth-order valence-corrected chi connectivity index (χ4v) is 2.79. The molecule has 110 valence electrons. The van der Waals surface area contributed by atoms with E-state index in [1.54, 1.807) is 4.68 Å². The zero-order chi connectivity index (χ0) is 14.8. The van der Waals surface area contributed by atoms with Crippen molar-refractivity contribution < 1.29 is 9.90 Å². The lowest BCUT2D eigenvalue weighted by molar-refractivity contribution is -0.142. The van der Waals surface area contributed by atoms with E-state index in [9.17, 15) is 4.79 Å². The number of hydrogen-bond donors (Lipinski definition) is 1. The molecular formula is C14H17N5O2. The van der Waals surface area contributed by atoms with Crippen molar-refractivity contribution in [2.45, 2.75) is 25.8 Å². The van der Waals surface area contributed by atoms with E-state index in [0.29, 0.717) is 25.3 Å². The number of para-hydroxylation sites is 1. The highest BCUT2D eigenvalue weighted by Crippen LogP contribution is 2.27. The number of carbonyl (C=O) groups is 1. The monoisotopic (exact) mass is 287 g/mol. The van der Waals surface area contributed by atoms with Crippen LogP contribution >= 0.6 is 0 Å². The molecule has 1 aliphatic heterocycles. The number of tetrazole rings is 1. The fourth-order valence-electron chi connectivity index (χ4n) is 2.79. The molecule has 2 heterocycles. The molecule has 1 aliphatic rings. The van der Waals surface area contributed by atoms with Crippen molar-refractivity contribution in [3.8, 4) is 5.69 Å². The van der Waals surface area contributed by atoms with Crippen LogP contribution in [0.4, 0.5) is 5.95 Å². The molecule has 0 spiro atoms. The fraction of sp³-hybridized carbons (Fsp3) is 0.429. The third-order valence-electron chi connectivity index (χ3n) is 3.94. The molecule has 0 saturated carbocycles. The van der Waals surface area contributed by atoms with E-state index in [1.165, 1.54) is 0 Å². The Kier molecular flexibility index (Phi) is 3.55. The van der Waals surface area contributed by atoms with Crippen molar-refractivity contribution in [2.75, 3.05) is 11.4 Å². The maximum absolute atomic E-state index is 11.1. The summed E-state index contributed by atoms with van der Waals surface area (Å²) in [7, 11) is 0. The minimum Gasteiger partial charge on any atom is -0.481 e. The third-order valence-corrected chi connectivity index (χ3v) is 3.94. The molecule has 1 N–H and O–H groups in total. The maximum Gasteiger partial charge on any atom is 0.306 e. The van der Waals surface area contributed by atoms with Crippen molar-refractivity contribution >= 4 is 11.9 Å². The minimum atomic E-state index is -0.718. The Morgan fingerprint density at radius 3 is 2.76 bits per heavy atom. The first-order valence-electron chi connectivity index (χ1n) is 7.00. The molecule has 1 saturated heterocycles. The number of hydrogen-bond acceptors (Lipinski definition) is 5. The van der Waals surface area contributed by atoms with Gasteiger partial charge in [0, 0.05) is 12.6 Å². The van der Waals surface area contributed by atoms with Crippen LogP contribution in [0.5, 0.6) is 0 Å². The maximum atomic E-state index is 11.1. The van der Waals surface area contributed by atoms with Crippen molar-refractivity contribution in [3.63, 3.8) is 0 Å². The first-order chi connectivity index (χ1) is 10.2. The SMILES string of the molecule is CC1CC(C(=O)O)CCN1c1nnnn1-c1ccccc1. The lowest BCUT2D eigenvalue weighted by atomic mass is 9.92. The summed E-state index contributed by atoms with van der Waals surface area (Å²) in [6.45, 7) is 2.66. The number of aromatic nitrogens is 4. The van der Waals surface area contributed by atoms with Gasteiger partial charge in [-0.1, -0.05) is 23.3 Å². The Morgan fingerprint density at radius 1 is 1.33 bits per heavy atom. The van der Waals surface area contributed by atoms with Crippen molar-refractivity contribution in [3.05, 3.63) is 30.3 Å². The predicted molar refractivity (Wildman–Crippen MR) is 76.3 cm³/mol. The number of carboxylic acid groups (broad SMARTS) is 1. The molecule has 7 nitrogen and oxygen atoms in total. The Balaban J connectivity index is 1.86. The van der Waals surface area contributed by atoms with Gasteiger partial charge >= 0.3 is 5.97 Å². The lowest BCUT2D eigenvalue weighted by Gasteiger charge is -2.36. The molecule has 0 radical (unpaired) electrons. The van der Waals surface area contributed by atoms with Gasteiger partial charge in [-0.2, -0.15) is 4.68 Å². The van der Waals surface area contributed by atoms with Crippen LogP contribution in [0.3, 0.4) is 0 Å². The Hall–Kier alpha value is -2.44. The van der Waals surface area contributed by atoms with Gasteiger partial charge in [0.2, 0.25) is 0 Å². The Bertz CT molecular complexity index is 627. The van der Waals surface area contributed by atoms with E-state index >= 15 is 0 Å². The van der Waals surface area contributed by atoms with Gasteiger partial charge in [0.1, 0.15) is 0 Å². The molecule has 1 aromatic carbocycles. The van der Waals surface area contributed by atoms with Gasteiger partial charge in [0.15, 0.2) is 0 Å². The highest BCUT2D eigenvalue weighted by molar-refractivity contribution is 5.70. The molecule has 0 amide bonds. The molecule has 1 fully saturated rings. The van der Waals surface area contributed by atoms with Crippen LogP contribution in [-0.2, 0) is 4.79 Å². The standard InChI is InChI=1S/C14H17N5O2/c1-10-9-11(13(20)21)7-8-18(10)14-15-16-17-19(14)12-5-3-2-4-6-12/h2-6,10-11H,7-9H2,1H3,(H,20,21).